The van der Waals surface area contributed by atoms with Crippen molar-refractivity contribution in [1.29, 1.82) is 0 Å². The third kappa shape index (κ3) is 3.25. The van der Waals surface area contributed by atoms with Gasteiger partial charge in [0.25, 0.3) is 0 Å². The van der Waals surface area contributed by atoms with Crippen LogP contribution in [0.2, 0.25) is 0 Å². The number of Topliss-reactive ketones (excluding diaryl/α,β-unsaturated/α-hetero) is 1. The summed E-state index contributed by atoms with van der Waals surface area (Å²) < 4.78 is 0. The lowest BCUT2D eigenvalue weighted by atomic mass is 9.85. The van der Waals surface area contributed by atoms with E-state index in [1.54, 1.807) is 6.92 Å². The Morgan fingerprint density at radius 2 is 2.10 bits per heavy atom. The SMILES string of the molecule is CCC(C)(CS)CC(C)=O. The monoisotopic (exact) mass is 160 g/mol. The summed E-state index contributed by atoms with van der Waals surface area (Å²) in [5.41, 5.74) is 0.120. The van der Waals surface area contributed by atoms with Crippen LogP contribution in [-0.2, 0) is 4.79 Å². The number of rotatable bonds is 4. The molecule has 0 saturated heterocycles. The standard InChI is InChI=1S/C8H16OS/c1-4-8(3,6-10)5-7(2)9/h10H,4-6H2,1-3H3. The molecule has 10 heavy (non-hydrogen) atoms. The molecule has 0 N–H and O–H groups in total. The summed E-state index contributed by atoms with van der Waals surface area (Å²) in [5.74, 6) is 1.06. The number of carbonyl (C=O) groups is 1. The first-order valence-electron chi connectivity index (χ1n) is 3.64. The highest BCUT2D eigenvalue weighted by atomic mass is 32.1. The Morgan fingerprint density at radius 3 is 2.20 bits per heavy atom. The highest BCUT2D eigenvalue weighted by molar-refractivity contribution is 7.80. The fourth-order valence-electron chi connectivity index (χ4n) is 0.894. The number of thiol groups is 1. The van der Waals surface area contributed by atoms with E-state index in [1.165, 1.54) is 0 Å². The van der Waals surface area contributed by atoms with E-state index >= 15 is 0 Å². The predicted molar refractivity (Wildman–Crippen MR) is 47.5 cm³/mol. The van der Waals surface area contributed by atoms with E-state index < -0.39 is 0 Å². The number of carbonyl (C=O) groups excluding carboxylic acids is 1. The molecule has 2 heteroatoms. The van der Waals surface area contributed by atoms with Gasteiger partial charge in [0.05, 0.1) is 0 Å². The van der Waals surface area contributed by atoms with Crippen LogP contribution >= 0.6 is 12.6 Å². The normalized spacial score (nSPS) is 16.4. The highest BCUT2D eigenvalue weighted by Crippen LogP contribution is 2.26. The van der Waals surface area contributed by atoms with Gasteiger partial charge in [0.1, 0.15) is 5.78 Å². The first-order valence-corrected chi connectivity index (χ1v) is 4.27. The van der Waals surface area contributed by atoms with E-state index in [0.29, 0.717) is 6.42 Å². The van der Waals surface area contributed by atoms with Gasteiger partial charge in [-0.05, 0) is 24.5 Å². The lowest BCUT2D eigenvalue weighted by Gasteiger charge is -2.23. The number of hydrogen-bond acceptors (Lipinski definition) is 2. The van der Waals surface area contributed by atoms with Crippen LogP contribution in [0.25, 0.3) is 0 Å². The van der Waals surface area contributed by atoms with Gasteiger partial charge in [-0.1, -0.05) is 13.8 Å². The molecular formula is C8H16OS. The lowest BCUT2D eigenvalue weighted by molar-refractivity contribution is -0.118. The summed E-state index contributed by atoms with van der Waals surface area (Å²) in [4.78, 5) is 10.7. The summed E-state index contributed by atoms with van der Waals surface area (Å²) >= 11 is 4.20. The third-order valence-electron chi connectivity index (χ3n) is 1.91. The maximum Gasteiger partial charge on any atom is 0.130 e. The minimum absolute atomic E-state index is 0.120. The molecule has 0 fully saturated rings. The molecule has 0 spiro atoms. The summed E-state index contributed by atoms with van der Waals surface area (Å²) in [6.07, 6.45) is 1.68. The molecule has 0 aliphatic heterocycles. The molecule has 1 unspecified atom stereocenters. The van der Waals surface area contributed by atoms with Gasteiger partial charge in [0, 0.05) is 6.42 Å². The zero-order valence-corrected chi connectivity index (χ0v) is 7.87. The Hall–Kier alpha value is 0.0200. The molecular weight excluding hydrogens is 144 g/mol. The zero-order valence-electron chi connectivity index (χ0n) is 6.98. The molecule has 0 aromatic heterocycles. The van der Waals surface area contributed by atoms with Gasteiger partial charge >= 0.3 is 0 Å². The Bertz CT molecular complexity index is 116. The molecule has 0 radical (unpaired) electrons. The van der Waals surface area contributed by atoms with Crippen molar-refractivity contribution in [2.24, 2.45) is 5.41 Å². The van der Waals surface area contributed by atoms with E-state index in [-0.39, 0.29) is 11.2 Å². The van der Waals surface area contributed by atoms with Crippen LogP contribution < -0.4 is 0 Å². The molecule has 0 aromatic rings. The van der Waals surface area contributed by atoms with Gasteiger partial charge in [0.15, 0.2) is 0 Å². The van der Waals surface area contributed by atoms with E-state index in [9.17, 15) is 4.79 Å². The average Bonchev–Trinajstić information content (AvgIpc) is 1.87. The molecule has 0 heterocycles. The van der Waals surface area contributed by atoms with Crippen LogP contribution in [0.5, 0.6) is 0 Å². The van der Waals surface area contributed by atoms with Gasteiger partial charge in [-0.3, -0.25) is 0 Å². The largest absolute Gasteiger partial charge is 0.300 e. The molecule has 0 aliphatic carbocycles. The van der Waals surface area contributed by atoms with E-state index in [0.717, 1.165) is 12.2 Å². The Morgan fingerprint density at radius 1 is 1.60 bits per heavy atom. The van der Waals surface area contributed by atoms with Crippen molar-refractivity contribution in [3.8, 4) is 0 Å². The van der Waals surface area contributed by atoms with E-state index in [4.69, 9.17) is 0 Å². The molecule has 0 rings (SSSR count). The van der Waals surface area contributed by atoms with Crippen LogP contribution in [0.15, 0.2) is 0 Å². The number of ketones is 1. The molecule has 0 aliphatic rings. The molecule has 1 nitrogen and oxygen atoms in total. The van der Waals surface area contributed by atoms with Crippen LogP contribution in [0, 0.1) is 5.41 Å². The van der Waals surface area contributed by atoms with Gasteiger partial charge < -0.3 is 4.79 Å². The zero-order chi connectivity index (χ0) is 8.20. The quantitative estimate of drug-likeness (QED) is 0.624. The van der Waals surface area contributed by atoms with Crippen molar-refractivity contribution >= 4 is 18.4 Å². The van der Waals surface area contributed by atoms with Gasteiger partial charge in [0.2, 0.25) is 0 Å². The van der Waals surface area contributed by atoms with E-state index in [1.807, 2.05) is 0 Å². The predicted octanol–water partition coefficient (Wildman–Crippen LogP) is 2.31. The third-order valence-corrected chi connectivity index (χ3v) is 2.67. The molecule has 0 saturated carbocycles. The van der Waals surface area contributed by atoms with Crippen molar-refractivity contribution in [2.45, 2.75) is 33.6 Å². The van der Waals surface area contributed by atoms with E-state index in [2.05, 4.69) is 26.5 Å². The van der Waals surface area contributed by atoms with Crippen molar-refractivity contribution in [3.63, 3.8) is 0 Å². The second-order valence-electron chi connectivity index (χ2n) is 3.20. The van der Waals surface area contributed by atoms with Gasteiger partial charge in [-0.25, -0.2) is 0 Å². The van der Waals surface area contributed by atoms with Crippen LogP contribution in [0.4, 0.5) is 0 Å². The maximum absolute atomic E-state index is 10.7. The molecule has 0 aromatic carbocycles. The van der Waals surface area contributed by atoms with Gasteiger partial charge in [-0.15, -0.1) is 0 Å². The first-order chi connectivity index (χ1) is 4.54. The van der Waals surface area contributed by atoms with Crippen LogP contribution in [0.3, 0.4) is 0 Å². The molecule has 1 atom stereocenters. The average molecular weight is 160 g/mol. The maximum atomic E-state index is 10.7. The van der Waals surface area contributed by atoms with Crippen molar-refractivity contribution < 1.29 is 4.79 Å². The smallest absolute Gasteiger partial charge is 0.130 e. The summed E-state index contributed by atoms with van der Waals surface area (Å²) in [6.45, 7) is 5.83. The van der Waals surface area contributed by atoms with Gasteiger partial charge in [-0.2, -0.15) is 12.6 Å². The highest BCUT2D eigenvalue weighted by Gasteiger charge is 2.21. The molecule has 0 amide bonds. The minimum atomic E-state index is 0.120. The first kappa shape index (κ1) is 10.0. The second-order valence-corrected chi connectivity index (χ2v) is 3.52. The topological polar surface area (TPSA) is 17.1 Å². The fourth-order valence-corrected chi connectivity index (χ4v) is 1.23. The lowest BCUT2D eigenvalue weighted by Crippen LogP contribution is -2.20. The fraction of sp³-hybridized carbons (Fsp3) is 0.875. The Balaban J connectivity index is 3.92. The minimum Gasteiger partial charge on any atom is -0.300 e. The summed E-state index contributed by atoms with van der Waals surface area (Å²) in [7, 11) is 0. The van der Waals surface area contributed by atoms with Crippen LogP contribution in [-0.4, -0.2) is 11.5 Å². The Kier molecular flexibility index (Phi) is 4.02. The second kappa shape index (κ2) is 4.02. The van der Waals surface area contributed by atoms with Crippen molar-refractivity contribution in [2.75, 3.05) is 5.75 Å². The summed E-state index contributed by atoms with van der Waals surface area (Å²) in [6, 6.07) is 0. The van der Waals surface area contributed by atoms with Crippen molar-refractivity contribution in [1.82, 2.24) is 0 Å². The van der Waals surface area contributed by atoms with Crippen LogP contribution in [0.1, 0.15) is 33.6 Å². The molecule has 60 valence electrons. The van der Waals surface area contributed by atoms with Crippen molar-refractivity contribution in [3.05, 3.63) is 0 Å². The molecule has 0 bridgehead atoms. The Labute approximate surface area is 68.6 Å². The number of hydrogen-bond donors (Lipinski definition) is 1. The summed E-state index contributed by atoms with van der Waals surface area (Å²) in [5, 5.41) is 0.